The number of aliphatic hydroxyl groups excluding tert-OH is 1. The van der Waals surface area contributed by atoms with Crippen molar-refractivity contribution < 1.29 is 5.11 Å². The Kier molecular flexibility index (Phi) is 2.28. The van der Waals surface area contributed by atoms with Crippen LogP contribution in [0.4, 0.5) is 0 Å². The van der Waals surface area contributed by atoms with Crippen molar-refractivity contribution in [1.82, 2.24) is 5.32 Å². The van der Waals surface area contributed by atoms with Crippen molar-refractivity contribution in [3.05, 3.63) is 34.3 Å². The molecular weight excluding hydrogens is 186 g/mol. The van der Waals surface area contributed by atoms with Crippen LogP contribution in [0.2, 0.25) is 5.02 Å². The fraction of sp³-hybridized carbons (Fsp3) is 0.400. The first-order chi connectivity index (χ1) is 6.24. The van der Waals surface area contributed by atoms with E-state index in [4.69, 9.17) is 11.6 Å². The monoisotopic (exact) mass is 197 g/mol. The van der Waals surface area contributed by atoms with E-state index in [2.05, 4.69) is 5.32 Å². The molecule has 3 heteroatoms. The predicted octanol–water partition coefficient (Wildman–Crippen LogP) is 1.52. The molecule has 1 aliphatic rings. The highest BCUT2D eigenvalue weighted by molar-refractivity contribution is 6.31. The smallest absolute Gasteiger partial charge is 0.0963 e. The topological polar surface area (TPSA) is 32.3 Å². The fourth-order valence-electron chi connectivity index (χ4n) is 1.90. The molecule has 1 aromatic rings. The Labute approximate surface area is 82.5 Å². The standard InChI is InChI=1S/C10H12ClNO/c1-12-8-5-6-3-2-4-7(11)9(6)10(8)13/h2-4,8,10,12-13H,5H2,1H3. The SMILES string of the molecule is CNC1Cc2cccc(Cl)c2C1O. The lowest BCUT2D eigenvalue weighted by Crippen LogP contribution is -2.29. The van der Waals surface area contributed by atoms with Gasteiger partial charge in [0, 0.05) is 16.6 Å². The highest BCUT2D eigenvalue weighted by atomic mass is 35.5. The lowest BCUT2D eigenvalue weighted by molar-refractivity contribution is 0.146. The van der Waals surface area contributed by atoms with Crippen LogP contribution in [-0.4, -0.2) is 18.2 Å². The maximum atomic E-state index is 9.88. The molecule has 70 valence electrons. The lowest BCUT2D eigenvalue weighted by atomic mass is 10.1. The van der Waals surface area contributed by atoms with Gasteiger partial charge >= 0.3 is 0 Å². The molecule has 0 spiro atoms. The van der Waals surface area contributed by atoms with Crippen molar-refractivity contribution in [3.63, 3.8) is 0 Å². The number of rotatable bonds is 1. The molecule has 0 aliphatic heterocycles. The van der Waals surface area contributed by atoms with Crippen LogP contribution >= 0.6 is 11.6 Å². The summed E-state index contributed by atoms with van der Waals surface area (Å²) in [5.41, 5.74) is 2.04. The van der Waals surface area contributed by atoms with E-state index in [0.29, 0.717) is 5.02 Å². The van der Waals surface area contributed by atoms with Crippen LogP contribution < -0.4 is 5.32 Å². The third-order valence-electron chi connectivity index (χ3n) is 2.63. The van der Waals surface area contributed by atoms with Crippen LogP contribution in [0, 0.1) is 0 Å². The van der Waals surface area contributed by atoms with Crippen LogP contribution in [0.3, 0.4) is 0 Å². The number of halogens is 1. The predicted molar refractivity (Wildman–Crippen MR) is 53.0 cm³/mol. The first-order valence-corrected chi connectivity index (χ1v) is 4.74. The van der Waals surface area contributed by atoms with Crippen LogP contribution in [0.1, 0.15) is 17.2 Å². The number of hydrogen-bond acceptors (Lipinski definition) is 2. The molecule has 13 heavy (non-hydrogen) atoms. The fourth-order valence-corrected chi connectivity index (χ4v) is 2.21. The van der Waals surface area contributed by atoms with Crippen LogP contribution in [0.15, 0.2) is 18.2 Å². The maximum absolute atomic E-state index is 9.88. The van der Waals surface area contributed by atoms with Gasteiger partial charge in [-0.25, -0.2) is 0 Å². The van der Waals surface area contributed by atoms with Crippen molar-refractivity contribution >= 4 is 11.6 Å². The molecule has 0 radical (unpaired) electrons. The molecule has 0 fully saturated rings. The van der Waals surface area contributed by atoms with E-state index in [0.717, 1.165) is 17.5 Å². The Morgan fingerprint density at radius 2 is 2.31 bits per heavy atom. The molecule has 2 N–H and O–H groups in total. The van der Waals surface area contributed by atoms with Crippen LogP contribution in [0.5, 0.6) is 0 Å². The number of hydrogen-bond donors (Lipinski definition) is 2. The number of aliphatic hydroxyl groups is 1. The average molecular weight is 198 g/mol. The van der Waals surface area contributed by atoms with E-state index < -0.39 is 6.10 Å². The Hall–Kier alpha value is -0.570. The molecule has 0 saturated heterocycles. The summed E-state index contributed by atoms with van der Waals surface area (Å²) in [4.78, 5) is 0. The normalized spacial score (nSPS) is 26.1. The zero-order chi connectivity index (χ0) is 9.42. The third kappa shape index (κ3) is 1.35. The van der Waals surface area contributed by atoms with Gasteiger partial charge in [0.15, 0.2) is 0 Å². The van der Waals surface area contributed by atoms with E-state index in [1.807, 2.05) is 25.2 Å². The van der Waals surface area contributed by atoms with E-state index in [1.165, 1.54) is 0 Å². The molecule has 0 amide bonds. The molecule has 0 aromatic heterocycles. The van der Waals surface area contributed by atoms with E-state index in [9.17, 15) is 5.11 Å². The molecule has 2 nitrogen and oxygen atoms in total. The molecule has 0 heterocycles. The van der Waals surface area contributed by atoms with E-state index in [1.54, 1.807) is 0 Å². The van der Waals surface area contributed by atoms with Crippen LogP contribution in [0.25, 0.3) is 0 Å². The van der Waals surface area contributed by atoms with Gasteiger partial charge in [0.2, 0.25) is 0 Å². The Balaban J connectivity index is 2.44. The summed E-state index contributed by atoms with van der Waals surface area (Å²) in [7, 11) is 1.85. The minimum atomic E-state index is -0.464. The van der Waals surface area contributed by atoms with E-state index >= 15 is 0 Å². The first-order valence-electron chi connectivity index (χ1n) is 4.36. The maximum Gasteiger partial charge on any atom is 0.0963 e. The minimum absolute atomic E-state index is 0.106. The second-order valence-electron chi connectivity index (χ2n) is 3.36. The Morgan fingerprint density at radius 3 is 2.92 bits per heavy atom. The van der Waals surface area contributed by atoms with Crippen molar-refractivity contribution in [1.29, 1.82) is 0 Å². The molecular formula is C10H12ClNO. The lowest BCUT2D eigenvalue weighted by Gasteiger charge is -2.13. The van der Waals surface area contributed by atoms with Gasteiger partial charge in [-0.3, -0.25) is 0 Å². The van der Waals surface area contributed by atoms with Crippen molar-refractivity contribution in [2.45, 2.75) is 18.6 Å². The second-order valence-corrected chi connectivity index (χ2v) is 3.76. The second kappa shape index (κ2) is 3.29. The first kappa shape index (κ1) is 9.00. The van der Waals surface area contributed by atoms with Crippen molar-refractivity contribution in [3.8, 4) is 0 Å². The summed E-state index contributed by atoms with van der Waals surface area (Å²) in [5.74, 6) is 0. The molecule has 0 bridgehead atoms. The van der Waals surface area contributed by atoms with Gasteiger partial charge in [-0.15, -0.1) is 0 Å². The molecule has 1 aromatic carbocycles. The highest BCUT2D eigenvalue weighted by Crippen LogP contribution is 2.36. The highest BCUT2D eigenvalue weighted by Gasteiger charge is 2.31. The zero-order valence-electron chi connectivity index (χ0n) is 7.42. The zero-order valence-corrected chi connectivity index (χ0v) is 8.17. The van der Waals surface area contributed by atoms with Gasteiger partial charge in [0.05, 0.1) is 6.10 Å². The third-order valence-corrected chi connectivity index (χ3v) is 2.96. The number of benzene rings is 1. The molecule has 0 saturated carbocycles. The summed E-state index contributed by atoms with van der Waals surface area (Å²) in [6.07, 6.45) is 0.391. The summed E-state index contributed by atoms with van der Waals surface area (Å²) in [6, 6.07) is 5.87. The summed E-state index contributed by atoms with van der Waals surface area (Å²) >= 11 is 6.00. The average Bonchev–Trinajstić information content (AvgIpc) is 2.44. The van der Waals surface area contributed by atoms with Gasteiger partial charge in [0.1, 0.15) is 0 Å². The Morgan fingerprint density at radius 1 is 1.54 bits per heavy atom. The summed E-state index contributed by atoms with van der Waals surface area (Å²) < 4.78 is 0. The van der Waals surface area contributed by atoms with Gasteiger partial charge in [-0.1, -0.05) is 23.7 Å². The Bertz CT molecular complexity index is 327. The summed E-state index contributed by atoms with van der Waals surface area (Å²) in [5, 5.41) is 13.6. The molecule has 2 atom stereocenters. The van der Waals surface area contributed by atoms with E-state index in [-0.39, 0.29) is 6.04 Å². The van der Waals surface area contributed by atoms with Gasteiger partial charge in [0.25, 0.3) is 0 Å². The van der Waals surface area contributed by atoms with Gasteiger partial charge in [-0.05, 0) is 25.1 Å². The van der Waals surface area contributed by atoms with Crippen LogP contribution in [-0.2, 0) is 6.42 Å². The minimum Gasteiger partial charge on any atom is -0.387 e. The largest absolute Gasteiger partial charge is 0.387 e. The molecule has 2 rings (SSSR count). The number of likely N-dealkylation sites (N-methyl/N-ethyl adjacent to an activating group) is 1. The number of fused-ring (bicyclic) bond motifs is 1. The van der Waals surface area contributed by atoms with Gasteiger partial charge in [-0.2, -0.15) is 0 Å². The quantitative estimate of drug-likeness (QED) is 0.716. The number of nitrogens with one attached hydrogen (secondary N) is 1. The summed E-state index contributed by atoms with van der Waals surface area (Å²) in [6.45, 7) is 0. The molecule has 1 aliphatic carbocycles. The van der Waals surface area contributed by atoms with Crippen molar-refractivity contribution in [2.24, 2.45) is 0 Å². The molecule has 2 unspecified atom stereocenters. The van der Waals surface area contributed by atoms with Crippen molar-refractivity contribution in [2.75, 3.05) is 7.05 Å². The van der Waals surface area contributed by atoms with Gasteiger partial charge < -0.3 is 10.4 Å².